The second-order valence-corrected chi connectivity index (χ2v) is 4.39. The van der Waals surface area contributed by atoms with Gasteiger partial charge in [0.15, 0.2) is 0 Å². The van der Waals surface area contributed by atoms with Crippen molar-refractivity contribution in [3.63, 3.8) is 0 Å². The number of nitrogen functional groups attached to an aromatic ring is 1. The van der Waals surface area contributed by atoms with Crippen LogP contribution >= 0.6 is 0 Å². The Morgan fingerprint density at radius 1 is 1.15 bits per heavy atom. The smallest absolute Gasteiger partial charge is 0.134 e. The highest BCUT2D eigenvalue weighted by Gasteiger charge is 2.07. The molecule has 3 N–H and O–H groups in total. The zero-order valence-corrected chi connectivity index (χ0v) is 11.2. The molecule has 0 fully saturated rings. The van der Waals surface area contributed by atoms with E-state index in [9.17, 15) is 8.78 Å². The molecule has 0 amide bonds. The standard InChI is InChI=1S/C14H16F2N4/c1-2-12-13(17)19-8-20-14(12)18-4-3-9-5-10(15)7-11(16)6-9/h5-8H,2-4H2,1H3,(H3,17,18,19,20). The maximum Gasteiger partial charge on any atom is 0.134 e. The first kappa shape index (κ1) is 14.2. The summed E-state index contributed by atoms with van der Waals surface area (Å²) in [7, 11) is 0. The van der Waals surface area contributed by atoms with Crippen molar-refractivity contribution in [2.45, 2.75) is 19.8 Å². The number of aromatic nitrogens is 2. The summed E-state index contributed by atoms with van der Waals surface area (Å²) in [5, 5.41) is 3.12. The first-order valence-electron chi connectivity index (χ1n) is 6.38. The lowest BCUT2D eigenvalue weighted by molar-refractivity contribution is 0.580. The van der Waals surface area contributed by atoms with E-state index in [2.05, 4.69) is 15.3 Å². The molecule has 106 valence electrons. The Kier molecular flexibility index (Phi) is 4.45. The summed E-state index contributed by atoms with van der Waals surface area (Å²) in [6.07, 6.45) is 2.59. The van der Waals surface area contributed by atoms with Gasteiger partial charge in [0.1, 0.15) is 29.6 Å². The fourth-order valence-electron chi connectivity index (χ4n) is 2.01. The first-order chi connectivity index (χ1) is 9.60. The molecule has 0 aliphatic carbocycles. The third-order valence-corrected chi connectivity index (χ3v) is 2.96. The van der Waals surface area contributed by atoms with Crippen LogP contribution in [0.25, 0.3) is 0 Å². The van der Waals surface area contributed by atoms with Gasteiger partial charge in [-0.2, -0.15) is 0 Å². The first-order valence-corrected chi connectivity index (χ1v) is 6.38. The highest BCUT2D eigenvalue weighted by Crippen LogP contribution is 2.17. The Balaban J connectivity index is 2.01. The molecule has 2 aromatic rings. The summed E-state index contributed by atoms with van der Waals surface area (Å²) in [4.78, 5) is 8.05. The maximum atomic E-state index is 13.1. The summed E-state index contributed by atoms with van der Waals surface area (Å²) in [5.74, 6) is -0.0280. The van der Waals surface area contributed by atoms with E-state index < -0.39 is 11.6 Å². The van der Waals surface area contributed by atoms with Crippen molar-refractivity contribution in [3.8, 4) is 0 Å². The van der Waals surface area contributed by atoms with Crippen LogP contribution in [-0.4, -0.2) is 16.5 Å². The molecule has 1 aromatic heterocycles. The van der Waals surface area contributed by atoms with Crippen molar-refractivity contribution in [1.29, 1.82) is 0 Å². The average molecular weight is 278 g/mol. The highest BCUT2D eigenvalue weighted by molar-refractivity contribution is 5.54. The highest BCUT2D eigenvalue weighted by atomic mass is 19.1. The maximum absolute atomic E-state index is 13.1. The van der Waals surface area contributed by atoms with Gasteiger partial charge in [-0.15, -0.1) is 0 Å². The Morgan fingerprint density at radius 3 is 2.50 bits per heavy atom. The topological polar surface area (TPSA) is 63.8 Å². The monoisotopic (exact) mass is 278 g/mol. The lowest BCUT2D eigenvalue weighted by atomic mass is 10.1. The number of anilines is 2. The number of halogens is 2. The molecule has 6 heteroatoms. The summed E-state index contributed by atoms with van der Waals surface area (Å²) in [5.41, 5.74) is 7.20. The molecule has 0 radical (unpaired) electrons. The number of nitrogens with one attached hydrogen (secondary N) is 1. The van der Waals surface area contributed by atoms with E-state index in [1.54, 1.807) is 0 Å². The molecule has 1 aromatic carbocycles. The zero-order valence-electron chi connectivity index (χ0n) is 11.2. The van der Waals surface area contributed by atoms with Gasteiger partial charge in [-0.1, -0.05) is 6.92 Å². The fraction of sp³-hybridized carbons (Fsp3) is 0.286. The van der Waals surface area contributed by atoms with Crippen LogP contribution in [0.4, 0.5) is 20.4 Å². The van der Waals surface area contributed by atoms with Gasteiger partial charge < -0.3 is 11.1 Å². The minimum Gasteiger partial charge on any atom is -0.383 e. The summed E-state index contributed by atoms with van der Waals surface area (Å²) < 4.78 is 26.1. The van der Waals surface area contributed by atoms with Gasteiger partial charge in [0.05, 0.1) is 0 Å². The largest absolute Gasteiger partial charge is 0.383 e. The van der Waals surface area contributed by atoms with E-state index in [-0.39, 0.29) is 0 Å². The molecule has 0 bridgehead atoms. The molecule has 0 unspecified atom stereocenters. The molecule has 4 nitrogen and oxygen atoms in total. The third-order valence-electron chi connectivity index (χ3n) is 2.96. The van der Waals surface area contributed by atoms with Crippen LogP contribution in [-0.2, 0) is 12.8 Å². The van der Waals surface area contributed by atoms with E-state index in [1.807, 2.05) is 6.92 Å². The fourth-order valence-corrected chi connectivity index (χ4v) is 2.01. The molecule has 0 aliphatic rings. The van der Waals surface area contributed by atoms with E-state index in [0.717, 1.165) is 11.6 Å². The van der Waals surface area contributed by atoms with Crippen molar-refractivity contribution in [3.05, 3.63) is 47.3 Å². The van der Waals surface area contributed by atoms with Crippen LogP contribution in [0.5, 0.6) is 0 Å². The molecule has 0 aliphatic heterocycles. The number of nitrogens with two attached hydrogens (primary N) is 1. The van der Waals surface area contributed by atoms with Gasteiger partial charge in [0, 0.05) is 18.2 Å². The van der Waals surface area contributed by atoms with Crippen molar-refractivity contribution in [1.82, 2.24) is 9.97 Å². The Hall–Kier alpha value is -2.24. The summed E-state index contributed by atoms with van der Waals surface area (Å²) >= 11 is 0. The molecule has 20 heavy (non-hydrogen) atoms. The molecule has 1 heterocycles. The number of hydrogen-bond acceptors (Lipinski definition) is 4. The number of benzene rings is 1. The van der Waals surface area contributed by atoms with E-state index >= 15 is 0 Å². The number of rotatable bonds is 5. The van der Waals surface area contributed by atoms with E-state index in [4.69, 9.17) is 5.73 Å². The third kappa shape index (κ3) is 3.40. The van der Waals surface area contributed by atoms with Crippen molar-refractivity contribution >= 4 is 11.6 Å². The minimum atomic E-state index is -0.569. The minimum absolute atomic E-state index is 0.446. The van der Waals surface area contributed by atoms with Crippen molar-refractivity contribution in [2.75, 3.05) is 17.6 Å². The SMILES string of the molecule is CCc1c(N)ncnc1NCCc1cc(F)cc(F)c1. The molecule has 2 rings (SSSR count). The van der Waals surface area contributed by atoms with Gasteiger partial charge in [-0.3, -0.25) is 0 Å². The lowest BCUT2D eigenvalue weighted by Crippen LogP contribution is -2.11. The van der Waals surface area contributed by atoms with E-state index in [0.29, 0.717) is 36.6 Å². The van der Waals surface area contributed by atoms with Gasteiger partial charge in [-0.05, 0) is 30.5 Å². The molecular formula is C14H16F2N4. The van der Waals surface area contributed by atoms with Crippen LogP contribution in [0, 0.1) is 11.6 Å². The average Bonchev–Trinajstić information content (AvgIpc) is 2.38. The quantitative estimate of drug-likeness (QED) is 0.882. The van der Waals surface area contributed by atoms with Gasteiger partial charge in [0.25, 0.3) is 0 Å². The van der Waals surface area contributed by atoms with Gasteiger partial charge in [0.2, 0.25) is 0 Å². The second-order valence-electron chi connectivity index (χ2n) is 4.39. The van der Waals surface area contributed by atoms with Crippen LogP contribution in [0.3, 0.4) is 0 Å². The molecule has 0 spiro atoms. The predicted octanol–water partition coefficient (Wildman–Crippen LogP) is 2.55. The predicted molar refractivity (Wildman–Crippen MR) is 74.4 cm³/mol. The van der Waals surface area contributed by atoms with Crippen LogP contribution in [0.1, 0.15) is 18.1 Å². The second kappa shape index (κ2) is 6.27. The van der Waals surface area contributed by atoms with Crippen LogP contribution in [0.15, 0.2) is 24.5 Å². The number of hydrogen-bond donors (Lipinski definition) is 2. The zero-order chi connectivity index (χ0) is 14.5. The van der Waals surface area contributed by atoms with Crippen LogP contribution in [0.2, 0.25) is 0 Å². The summed E-state index contributed by atoms with van der Waals surface area (Å²) in [6.45, 7) is 2.47. The van der Waals surface area contributed by atoms with Gasteiger partial charge in [-0.25, -0.2) is 18.7 Å². The van der Waals surface area contributed by atoms with Crippen LogP contribution < -0.4 is 11.1 Å². The van der Waals surface area contributed by atoms with Crippen molar-refractivity contribution in [2.24, 2.45) is 0 Å². The van der Waals surface area contributed by atoms with E-state index in [1.165, 1.54) is 18.5 Å². The summed E-state index contributed by atoms with van der Waals surface area (Å²) in [6, 6.07) is 3.50. The Morgan fingerprint density at radius 2 is 1.85 bits per heavy atom. The number of nitrogens with zero attached hydrogens (tertiary/aromatic N) is 2. The molecular weight excluding hydrogens is 262 g/mol. The lowest BCUT2D eigenvalue weighted by Gasteiger charge is -2.11. The van der Waals surface area contributed by atoms with Crippen molar-refractivity contribution < 1.29 is 8.78 Å². The molecule has 0 atom stereocenters. The molecule has 0 saturated heterocycles. The van der Waals surface area contributed by atoms with Gasteiger partial charge >= 0.3 is 0 Å². The Labute approximate surface area is 116 Å². The normalized spacial score (nSPS) is 10.6. The molecule has 0 saturated carbocycles. The Bertz CT molecular complexity index is 581.